The SMILES string of the molecule is NNc1ncc([N+](=O)[O-])c(N2CCOCC2)n1. The quantitative estimate of drug-likeness (QED) is 0.412. The summed E-state index contributed by atoms with van der Waals surface area (Å²) in [4.78, 5) is 19.9. The molecule has 1 saturated heterocycles. The standard InChI is InChI=1S/C8H12N6O3/c9-12-8-10-5-6(14(15)16)7(11-8)13-1-3-17-4-2-13/h5H,1-4,9H2,(H,10,11,12). The van der Waals surface area contributed by atoms with Gasteiger partial charge in [0, 0.05) is 13.1 Å². The fourth-order valence-electron chi connectivity index (χ4n) is 1.57. The zero-order valence-electron chi connectivity index (χ0n) is 9.00. The van der Waals surface area contributed by atoms with Gasteiger partial charge >= 0.3 is 5.69 Å². The Morgan fingerprint density at radius 3 is 2.82 bits per heavy atom. The van der Waals surface area contributed by atoms with Crippen LogP contribution in [0.4, 0.5) is 17.5 Å². The molecule has 0 saturated carbocycles. The second-order valence-corrected chi connectivity index (χ2v) is 3.40. The Balaban J connectivity index is 2.36. The molecule has 0 spiro atoms. The lowest BCUT2D eigenvalue weighted by molar-refractivity contribution is -0.384. The molecule has 1 fully saturated rings. The van der Waals surface area contributed by atoms with E-state index < -0.39 is 4.92 Å². The Bertz CT molecular complexity index is 420. The topological polar surface area (TPSA) is 119 Å². The molecule has 92 valence electrons. The van der Waals surface area contributed by atoms with Crippen LogP contribution in [0, 0.1) is 10.1 Å². The van der Waals surface area contributed by atoms with E-state index in [0.29, 0.717) is 26.3 Å². The molecule has 3 N–H and O–H groups in total. The Hall–Kier alpha value is -2.00. The van der Waals surface area contributed by atoms with E-state index in [1.165, 1.54) is 0 Å². The highest BCUT2D eigenvalue weighted by molar-refractivity contribution is 5.58. The molecular weight excluding hydrogens is 228 g/mol. The molecule has 0 aromatic carbocycles. The first-order chi connectivity index (χ1) is 8.22. The van der Waals surface area contributed by atoms with Gasteiger partial charge < -0.3 is 9.64 Å². The number of hydrogen-bond acceptors (Lipinski definition) is 8. The van der Waals surface area contributed by atoms with Crippen LogP contribution in [0.25, 0.3) is 0 Å². The minimum absolute atomic E-state index is 0.133. The first kappa shape index (κ1) is 11.5. The van der Waals surface area contributed by atoms with E-state index in [1.807, 2.05) is 0 Å². The van der Waals surface area contributed by atoms with Crippen molar-refractivity contribution < 1.29 is 9.66 Å². The molecule has 0 bridgehead atoms. The van der Waals surface area contributed by atoms with Crippen molar-refractivity contribution in [2.45, 2.75) is 0 Å². The second kappa shape index (κ2) is 4.89. The van der Waals surface area contributed by atoms with Crippen LogP contribution in [-0.2, 0) is 4.74 Å². The molecule has 1 aromatic heterocycles. The highest BCUT2D eigenvalue weighted by Crippen LogP contribution is 2.26. The highest BCUT2D eigenvalue weighted by Gasteiger charge is 2.24. The number of nitrogen functional groups attached to an aromatic ring is 1. The van der Waals surface area contributed by atoms with E-state index in [0.717, 1.165) is 6.20 Å². The Kier molecular flexibility index (Phi) is 3.30. The summed E-state index contributed by atoms with van der Waals surface area (Å²) in [6.07, 6.45) is 1.15. The number of nitrogens with two attached hydrogens (primary N) is 1. The summed E-state index contributed by atoms with van der Waals surface area (Å²) in [6.45, 7) is 2.16. The Morgan fingerprint density at radius 1 is 1.53 bits per heavy atom. The van der Waals surface area contributed by atoms with Gasteiger partial charge in [-0.15, -0.1) is 0 Å². The maximum atomic E-state index is 10.9. The van der Waals surface area contributed by atoms with Crippen molar-refractivity contribution >= 4 is 17.5 Å². The van der Waals surface area contributed by atoms with Crippen molar-refractivity contribution in [3.8, 4) is 0 Å². The van der Waals surface area contributed by atoms with Crippen LogP contribution in [-0.4, -0.2) is 41.2 Å². The fourth-order valence-corrected chi connectivity index (χ4v) is 1.57. The molecule has 0 atom stereocenters. The number of nitro groups is 1. The van der Waals surface area contributed by atoms with Crippen molar-refractivity contribution in [1.29, 1.82) is 0 Å². The Morgan fingerprint density at radius 2 is 2.24 bits per heavy atom. The van der Waals surface area contributed by atoms with Crippen molar-refractivity contribution in [2.24, 2.45) is 5.84 Å². The van der Waals surface area contributed by atoms with Crippen LogP contribution >= 0.6 is 0 Å². The van der Waals surface area contributed by atoms with Gasteiger partial charge in [0.1, 0.15) is 6.20 Å². The molecule has 1 aliphatic rings. The van der Waals surface area contributed by atoms with E-state index >= 15 is 0 Å². The van der Waals surface area contributed by atoms with Gasteiger partial charge in [-0.2, -0.15) is 4.98 Å². The molecule has 9 nitrogen and oxygen atoms in total. The van der Waals surface area contributed by atoms with Gasteiger partial charge in [-0.25, -0.2) is 10.8 Å². The van der Waals surface area contributed by atoms with Crippen LogP contribution in [0.2, 0.25) is 0 Å². The average molecular weight is 240 g/mol. The second-order valence-electron chi connectivity index (χ2n) is 3.40. The van der Waals surface area contributed by atoms with Crippen molar-refractivity contribution in [1.82, 2.24) is 9.97 Å². The molecule has 0 amide bonds. The number of hydrogen-bond donors (Lipinski definition) is 2. The number of morpholine rings is 1. The van der Waals surface area contributed by atoms with Crippen LogP contribution in [0.15, 0.2) is 6.20 Å². The Labute approximate surface area is 96.7 Å². The molecule has 1 aromatic rings. The van der Waals surface area contributed by atoms with Crippen LogP contribution in [0.1, 0.15) is 0 Å². The first-order valence-corrected chi connectivity index (χ1v) is 5.03. The van der Waals surface area contributed by atoms with Crippen LogP contribution in [0.3, 0.4) is 0 Å². The number of ether oxygens (including phenoxy) is 1. The maximum Gasteiger partial charge on any atom is 0.329 e. The van der Waals surface area contributed by atoms with Gasteiger partial charge in [0.15, 0.2) is 0 Å². The van der Waals surface area contributed by atoms with Gasteiger partial charge in [-0.3, -0.25) is 15.5 Å². The minimum Gasteiger partial charge on any atom is -0.378 e. The number of anilines is 2. The number of nitrogens with one attached hydrogen (secondary N) is 1. The summed E-state index contributed by atoms with van der Waals surface area (Å²) < 4.78 is 5.18. The normalized spacial score (nSPS) is 15.7. The first-order valence-electron chi connectivity index (χ1n) is 5.03. The molecule has 1 aliphatic heterocycles. The third-order valence-electron chi connectivity index (χ3n) is 2.39. The lowest BCUT2D eigenvalue weighted by Crippen LogP contribution is -2.37. The van der Waals surface area contributed by atoms with E-state index in [1.54, 1.807) is 4.90 Å². The third kappa shape index (κ3) is 2.40. The predicted molar refractivity (Wildman–Crippen MR) is 59.5 cm³/mol. The van der Waals surface area contributed by atoms with E-state index in [4.69, 9.17) is 10.6 Å². The average Bonchev–Trinajstić information content (AvgIpc) is 2.39. The zero-order valence-corrected chi connectivity index (χ0v) is 9.00. The van der Waals surface area contributed by atoms with Gasteiger partial charge in [0.2, 0.25) is 11.8 Å². The summed E-state index contributed by atoms with van der Waals surface area (Å²) in [5.41, 5.74) is 2.14. The van der Waals surface area contributed by atoms with E-state index in [9.17, 15) is 10.1 Å². The van der Waals surface area contributed by atoms with Crippen molar-refractivity contribution in [3.05, 3.63) is 16.3 Å². The predicted octanol–water partition coefficient (Wildman–Crippen LogP) is -0.493. The van der Waals surface area contributed by atoms with E-state index in [-0.39, 0.29) is 17.5 Å². The highest BCUT2D eigenvalue weighted by atomic mass is 16.6. The van der Waals surface area contributed by atoms with E-state index in [2.05, 4.69) is 15.4 Å². The van der Waals surface area contributed by atoms with Crippen LogP contribution in [0.5, 0.6) is 0 Å². The lowest BCUT2D eigenvalue weighted by Gasteiger charge is -2.27. The number of aromatic nitrogens is 2. The maximum absolute atomic E-state index is 10.9. The summed E-state index contributed by atoms with van der Waals surface area (Å²) >= 11 is 0. The molecule has 2 heterocycles. The molecule has 17 heavy (non-hydrogen) atoms. The zero-order chi connectivity index (χ0) is 12.3. The molecule has 0 aliphatic carbocycles. The molecule has 0 unspecified atom stereocenters. The third-order valence-corrected chi connectivity index (χ3v) is 2.39. The molecule has 2 rings (SSSR count). The van der Waals surface area contributed by atoms with Gasteiger partial charge in [-0.05, 0) is 0 Å². The monoisotopic (exact) mass is 240 g/mol. The van der Waals surface area contributed by atoms with Gasteiger partial charge in [0.25, 0.3) is 0 Å². The van der Waals surface area contributed by atoms with Crippen molar-refractivity contribution in [3.63, 3.8) is 0 Å². The minimum atomic E-state index is -0.509. The smallest absolute Gasteiger partial charge is 0.329 e. The lowest BCUT2D eigenvalue weighted by atomic mass is 10.3. The number of rotatable bonds is 3. The largest absolute Gasteiger partial charge is 0.378 e. The fraction of sp³-hybridized carbons (Fsp3) is 0.500. The molecule has 9 heteroatoms. The van der Waals surface area contributed by atoms with Gasteiger partial charge in [0.05, 0.1) is 18.1 Å². The number of nitrogens with zero attached hydrogens (tertiary/aromatic N) is 4. The van der Waals surface area contributed by atoms with Crippen LogP contribution < -0.4 is 16.2 Å². The van der Waals surface area contributed by atoms with Gasteiger partial charge in [-0.1, -0.05) is 0 Å². The summed E-state index contributed by atoms with van der Waals surface area (Å²) in [5.74, 6) is 5.60. The van der Waals surface area contributed by atoms with Crippen molar-refractivity contribution in [2.75, 3.05) is 36.6 Å². The summed E-state index contributed by atoms with van der Waals surface area (Å²) in [7, 11) is 0. The summed E-state index contributed by atoms with van der Waals surface area (Å²) in [6, 6.07) is 0. The molecule has 0 radical (unpaired) electrons. The summed E-state index contributed by atoms with van der Waals surface area (Å²) in [5, 5.41) is 10.9. The molecular formula is C8H12N6O3. The number of hydrazine groups is 1.